The highest BCUT2D eigenvalue weighted by Crippen LogP contribution is 2.29. The maximum absolute atomic E-state index is 12.7. The van der Waals surface area contributed by atoms with Gasteiger partial charge in [0.25, 0.3) is 0 Å². The van der Waals surface area contributed by atoms with Gasteiger partial charge in [0, 0.05) is 38.1 Å². The summed E-state index contributed by atoms with van der Waals surface area (Å²) in [5.74, 6) is -0.343. The molecular formula is C18H23NO4. The molecule has 0 radical (unpaired) electrons. The van der Waals surface area contributed by atoms with Gasteiger partial charge in [0.15, 0.2) is 0 Å². The van der Waals surface area contributed by atoms with Gasteiger partial charge in [-0.15, -0.1) is 0 Å². The molecule has 1 unspecified atom stereocenters. The molecule has 2 heterocycles. The molecule has 124 valence electrons. The molecule has 0 aromatic heterocycles. The van der Waals surface area contributed by atoms with Crippen molar-refractivity contribution in [2.75, 3.05) is 26.3 Å². The number of amides is 1. The highest BCUT2D eigenvalue weighted by Gasteiger charge is 2.30. The standard InChI is InChI=1S/C18H23NO4/c20-17(13-6-9-23-10-7-13)19-8-2-5-16(12-19)14-3-1-4-15(11-14)18(21)22/h1,3-4,11,13,16H,2,5-10,12H2,(H,21,22). The zero-order valence-electron chi connectivity index (χ0n) is 13.2. The molecule has 5 heteroatoms. The molecule has 1 aromatic carbocycles. The summed E-state index contributed by atoms with van der Waals surface area (Å²) in [6.45, 7) is 2.85. The Morgan fingerprint density at radius 3 is 2.70 bits per heavy atom. The molecule has 23 heavy (non-hydrogen) atoms. The van der Waals surface area contributed by atoms with Crippen molar-refractivity contribution in [3.63, 3.8) is 0 Å². The van der Waals surface area contributed by atoms with E-state index in [2.05, 4.69) is 0 Å². The van der Waals surface area contributed by atoms with E-state index in [1.165, 1.54) is 0 Å². The number of carbonyl (C=O) groups is 2. The summed E-state index contributed by atoms with van der Waals surface area (Å²) in [7, 11) is 0. The number of hydrogen-bond acceptors (Lipinski definition) is 3. The smallest absolute Gasteiger partial charge is 0.335 e. The fraction of sp³-hybridized carbons (Fsp3) is 0.556. The van der Waals surface area contributed by atoms with Crippen LogP contribution in [0.3, 0.4) is 0 Å². The van der Waals surface area contributed by atoms with E-state index in [1.54, 1.807) is 18.2 Å². The quantitative estimate of drug-likeness (QED) is 0.930. The highest BCUT2D eigenvalue weighted by atomic mass is 16.5. The van der Waals surface area contributed by atoms with Crippen molar-refractivity contribution in [2.45, 2.75) is 31.6 Å². The zero-order chi connectivity index (χ0) is 16.2. The number of likely N-dealkylation sites (tertiary alicyclic amines) is 1. The first-order valence-corrected chi connectivity index (χ1v) is 8.35. The molecule has 1 N–H and O–H groups in total. The van der Waals surface area contributed by atoms with Gasteiger partial charge in [0.1, 0.15) is 0 Å². The van der Waals surface area contributed by atoms with Crippen LogP contribution in [0.15, 0.2) is 24.3 Å². The second-order valence-electron chi connectivity index (χ2n) is 6.44. The Balaban J connectivity index is 1.69. The molecule has 0 spiro atoms. The number of hydrogen-bond donors (Lipinski definition) is 1. The van der Waals surface area contributed by atoms with Crippen molar-refractivity contribution < 1.29 is 19.4 Å². The van der Waals surface area contributed by atoms with Gasteiger partial charge in [0.2, 0.25) is 5.91 Å². The van der Waals surface area contributed by atoms with E-state index >= 15 is 0 Å². The van der Waals surface area contributed by atoms with Crippen LogP contribution in [0.1, 0.15) is 47.5 Å². The number of benzene rings is 1. The van der Waals surface area contributed by atoms with Crippen LogP contribution in [0.4, 0.5) is 0 Å². The Hall–Kier alpha value is -1.88. The van der Waals surface area contributed by atoms with E-state index in [0.29, 0.717) is 25.3 Å². The van der Waals surface area contributed by atoms with Crippen LogP contribution in [-0.2, 0) is 9.53 Å². The van der Waals surface area contributed by atoms with E-state index in [1.807, 2.05) is 11.0 Å². The summed E-state index contributed by atoms with van der Waals surface area (Å²) in [6, 6.07) is 7.12. The van der Waals surface area contributed by atoms with Gasteiger partial charge in [-0.05, 0) is 43.4 Å². The average Bonchev–Trinajstić information content (AvgIpc) is 2.62. The average molecular weight is 317 g/mol. The van der Waals surface area contributed by atoms with Gasteiger partial charge in [0.05, 0.1) is 5.56 Å². The largest absolute Gasteiger partial charge is 0.478 e. The Morgan fingerprint density at radius 2 is 1.96 bits per heavy atom. The molecule has 1 atom stereocenters. The number of carboxylic acid groups (broad SMARTS) is 1. The molecule has 2 saturated heterocycles. The summed E-state index contributed by atoms with van der Waals surface area (Å²) in [5, 5.41) is 9.14. The maximum atomic E-state index is 12.7. The van der Waals surface area contributed by atoms with Gasteiger partial charge < -0.3 is 14.7 Å². The zero-order valence-corrected chi connectivity index (χ0v) is 13.2. The van der Waals surface area contributed by atoms with Crippen molar-refractivity contribution in [3.8, 4) is 0 Å². The molecule has 2 aliphatic heterocycles. The van der Waals surface area contributed by atoms with Gasteiger partial charge in [-0.3, -0.25) is 4.79 Å². The lowest BCUT2D eigenvalue weighted by Crippen LogP contribution is -2.43. The molecule has 2 fully saturated rings. The number of nitrogens with zero attached hydrogens (tertiary/aromatic N) is 1. The summed E-state index contributed by atoms with van der Waals surface area (Å²) in [5.41, 5.74) is 1.34. The molecule has 0 aliphatic carbocycles. The highest BCUT2D eigenvalue weighted by molar-refractivity contribution is 5.87. The lowest BCUT2D eigenvalue weighted by Gasteiger charge is -2.36. The first kappa shape index (κ1) is 16.0. The lowest BCUT2D eigenvalue weighted by atomic mass is 9.88. The SMILES string of the molecule is O=C(O)c1cccc(C2CCCN(C(=O)C3CCOCC3)C2)c1. The first-order valence-electron chi connectivity index (χ1n) is 8.35. The third kappa shape index (κ3) is 3.72. The molecule has 5 nitrogen and oxygen atoms in total. The van der Waals surface area contributed by atoms with Crippen molar-refractivity contribution in [2.24, 2.45) is 5.92 Å². The summed E-state index contributed by atoms with van der Waals surface area (Å²) in [6.07, 6.45) is 3.60. The summed E-state index contributed by atoms with van der Waals surface area (Å²) >= 11 is 0. The van der Waals surface area contributed by atoms with Crippen LogP contribution in [0.25, 0.3) is 0 Å². The number of rotatable bonds is 3. The van der Waals surface area contributed by atoms with Crippen molar-refractivity contribution >= 4 is 11.9 Å². The Kier molecular flexibility index (Phi) is 4.96. The monoisotopic (exact) mass is 317 g/mol. The van der Waals surface area contributed by atoms with Crippen LogP contribution in [0.5, 0.6) is 0 Å². The normalized spacial score (nSPS) is 22.8. The third-order valence-electron chi connectivity index (χ3n) is 4.91. The van der Waals surface area contributed by atoms with Gasteiger partial charge in [-0.1, -0.05) is 12.1 Å². The predicted molar refractivity (Wildman–Crippen MR) is 85.5 cm³/mol. The first-order chi connectivity index (χ1) is 11.1. The van der Waals surface area contributed by atoms with Crippen LogP contribution in [0, 0.1) is 5.92 Å². The maximum Gasteiger partial charge on any atom is 0.335 e. The molecule has 0 saturated carbocycles. The van der Waals surface area contributed by atoms with Gasteiger partial charge >= 0.3 is 5.97 Å². The van der Waals surface area contributed by atoms with Crippen molar-refractivity contribution in [1.29, 1.82) is 0 Å². The number of carboxylic acids is 1. The second kappa shape index (κ2) is 7.13. The van der Waals surface area contributed by atoms with Crippen molar-refractivity contribution in [3.05, 3.63) is 35.4 Å². The van der Waals surface area contributed by atoms with Crippen LogP contribution >= 0.6 is 0 Å². The predicted octanol–water partition coefficient (Wildman–Crippen LogP) is 2.52. The van der Waals surface area contributed by atoms with E-state index in [0.717, 1.165) is 37.8 Å². The van der Waals surface area contributed by atoms with Gasteiger partial charge in [-0.2, -0.15) is 0 Å². The third-order valence-corrected chi connectivity index (χ3v) is 4.91. The molecular weight excluding hydrogens is 294 g/mol. The van der Waals surface area contributed by atoms with E-state index < -0.39 is 5.97 Å². The topological polar surface area (TPSA) is 66.8 Å². The van der Waals surface area contributed by atoms with E-state index in [-0.39, 0.29) is 17.7 Å². The molecule has 2 aliphatic rings. The summed E-state index contributed by atoms with van der Waals surface area (Å²) in [4.78, 5) is 25.8. The fourth-order valence-electron chi connectivity index (χ4n) is 3.58. The molecule has 1 amide bonds. The molecule has 3 rings (SSSR count). The van der Waals surface area contributed by atoms with Crippen LogP contribution in [0.2, 0.25) is 0 Å². The Morgan fingerprint density at radius 1 is 1.17 bits per heavy atom. The second-order valence-corrected chi connectivity index (χ2v) is 6.44. The lowest BCUT2D eigenvalue weighted by molar-refractivity contribution is -0.139. The fourth-order valence-corrected chi connectivity index (χ4v) is 3.58. The number of ether oxygens (including phenoxy) is 1. The molecule has 1 aromatic rings. The summed E-state index contributed by atoms with van der Waals surface area (Å²) < 4.78 is 5.34. The van der Waals surface area contributed by atoms with E-state index in [9.17, 15) is 9.59 Å². The number of aromatic carboxylic acids is 1. The Labute approximate surface area is 136 Å². The Bertz CT molecular complexity index is 580. The van der Waals surface area contributed by atoms with Gasteiger partial charge in [-0.25, -0.2) is 4.79 Å². The van der Waals surface area contributed by atoms with Crippen LogP contribution < -0.4 is 0 Å². The van der Waals surface area contributed by atoms with Crippen LogP contribution in [-0.4, -0.2) is 48.2 Å². The number of carbonyl (C=O) groups excluding carboxylic acids is 1. The minimum absolute atomic E-state index is 0.0906. The minimum Gasteiger partial charge on any atom is -0.478 e. The number of piperidine rings is 1. The minimum atomic E-state index is -0.905. The molecule has 0 bridgehead atoms. The van der Waals surface area contributed by atoms with E-state index in [4.69, 9.17) is 9.84 Å². The van der Waals surface area contributed by atoms with Crippen molar-refractivity contribution in [1.82, 2.24) is 4.90 Å².